The maximum absolute atomic E-state index is 13.1. The third-order valence-electron chi connectivity index (χ3n) is 6.65. The highest BCUT2D eigenvalue weighted by Gasteiger charge is 2.43. The SMILES string of the molecule is C[C@@H]1C[C@H](C)CN(S(=O)(=O)c2ccc(C(=O)OCC(=O)N3c4ccccc4NC(=O)C3(C)C)cc2)C1. The van der Waals surface area contributed by atoms with Crippen LogP contribution in [0.4, 0.5) is 11.4 Å². The number of esters is 1. The number of carbonyl (C=O) groups is 3. The maximum Gasteiger partial charge on any atom is 0.338 e. The molecule has 2 heterocycles. The van der Waals surface area contributed by atoms with Crippen molar-refractivity contribution in [2.45, 2.75) is 44.6 Å². The highest BCUT2D eigenvalue weighted by molar-refractivity contribution is 7.89. The van der Waals surface area contributed by atoms with E-state index in [4.69, 9.17) is 4.74 Å². The van der Waals surface area contributed by atoms with Crippen molar-refractivity contribution in [3.8, 4) is 0 Å². The second-order valence-electron chi connectivity index (χ2n) is 10.1. The van der Waals surface area contributed by atoms with Crippen LogP contribution in [-0.2, 0) is 24.3 Å². The van der Waals surface area contributed by atoms with Gasteiger partial charge in [-0.3, -0.25) is 14.5 Å². The molecular formula is C26H31N3O6S. The third-order valence-corrected chi connectivity index (χ3v) is 8.49. The summed E-state index contributed by atoms with van der Waals surface area (Å²) in [4.78, 5) is 39.7. The molecule has 2 amide bonds. The third kappa shape index (κ3) is 4.87. The molecule has 1 fully saturated rings. The van der Waals surface area contributed by atoms with E-state index in [1.807, 2.05) is 13.8 Å². The highest BCUT2D eigenvalue weighted by Crippen LogP contribution is 2.36. The molecule has 2 aromatic carbocycles. The number of hydrogen-bond acceptors (Lipinski definition) is 6. The summed E-state index contributed by atoms with van der Waals surface area (Å²) in [5.74, 6) is -1.12. The number of amides is 2. The van der Waals surface area contributed by atoms with Crippen molar-refractivity contribution >= 4 is 39.2 Å². The molecule has 0 unspecified atom stereocenters. The zero-order valence-corrected chi connectivity index (χ0v) is 21.7. The van der Waals surface area contributed by atoms with Gasteiger partial charge in [-0.1, -0.05) is 26.0 Å². The zero-order valence-electron chi connectivity index (χ0n) is 20.9. The van der Waals surface area contributed by atoms with Gasteiger partial charge >= 0.3 is 5.97 Å². The van der Waals surface area contributed by atoms with E-state index in [9.17, 15) is 22.8 Å². The number of anilines is 2. The Morgan fingerprint density at radius 2 is 1.64 bits per heavy atom. The summed E-state index contributed by atoms with van der Waals surface area (Å²) >= 11 is 0. The Labute approximate surface area is 211 Å². The Morgan fingerprint density at radius 3 is 2.28 bits per heavy atom. The van der Waals surface area contributed by atoms with E-state index in [2.05, 4.69) is 5.32 Å². The standard InChI is InChI=1S/C26H31N3O6S/c1-17-13-18(2)15-28(14-17)36(33,34)20-11-9-19(10-12-20)24(31)35-16-23(30)29-22-8-6-5-7-21(22)27-25(32)26(29,3)4/h5-12,17-18H,13-16H2,1-4H3,(H,27,32)/t17-,18+. The van der Waals surface area contributed by atoms with Crippen molar-refractivity contribution in [1.29, 1.82) is 0 Å². The quantitative estimate of drug-likeness (QED) is 0.614. The van der Waals surface area contributed by atoms with Gasteiger partial charge in [-0.2, -0.15) is 4.31 Å². The number of nitrogens with one attached hydrogen (secondary N) is 1. The number of para-hydroxylation sites is 2. The van der Waals surface area contributed by atoms with Crippen molar-refractivity contribution in [1.82, 2.24) is 4.31 Å². The Balaban J connectivity index is 1.44. The van der Waals surface area contributed by atoms with Crippen LogP contribution in [0, 0.1) is 11.8 Å². The van der Waals surface area contributed by atoms with Crippen LogP contribution < -0.4 is 10.2 Å². The largest absolute Gasteiger partial charge is 0.452 e. The molecule has 0 aliphatic carbocycles. The van der Waals surface area contributed by atoms with Crippen molar-refractivity contribution in [3.63, 3.8) is 0 Å². The van der Waals surface area contributed by atoms with Crippen LogP contribution in [-0.4, -0.2) is 55.7 Å². The number of benzene rings is 2. The minimum Gasteiger partial charge on any atom is -0.452 e. The number of hydrogen-bond donors (Lipinski definition) is 1. The average Bonchev–Trinajstić information content (AvgIpc) is 2.82. The number of nitrogens with zero attached hydrogens (tertiary/aromatic N) is 2. The molecule has 1 saturated heterocycles. The topological polar surface area (TPSA) is 113 Å². The average molecular weight is 514 g/mol. The molecule has 0 bridgehead atoms. The lowest BCUT2D eigenvalue weighted by molar-refractivity contribution is -0.128. The Bertz CT molecular complexity index is 1280. The van der Waals surface area contributed by atoms with Crippen LogP contribution >= 0.6 is 0 Å². The first kappa shape index (κ1) is 25.8. The van der Waals surface area contributed by atoms with Gasteiger partial charge < -0.3 is 10.1 Å². The van der Waals surface area contributed by atoms with Gasteiger partial charge in [-0.15, -0.1) is 0 Å². The fourth-order valence-corrected chi connectivity index (χ4v) is 6.57. The predicted octanol–water partition coefficient (Wildman–Crippen LogP) is 3.27. The van der Waals surface area contributed by atoms with E-state index in [1.54, 1.807) is 38.1 Å². The number of piperidine rings is 1. The lowest BCUT2D eigenvalue weighted by atomic mass is 9.94. The van der Waals surface area contributed by atoms with Gasteiger partial charge in [0, 0.05) is 13.1 Å². The summed E-state index contributed by atoms with van der Waals surface area (Å²) in [5.41, 5.74) is -0.0508. The number of carbonyl (C=O) groups excluding carboxylic acids is 3. The molecule has 9 nitrogen and oxygen atoms in total. The fourth-order valence-electron chi connectivity index (χ4n) is 4.89. The van der Waals surface area contributed by atoms with Gasteiger partial charge in [-0.25, -0.2) is 13.2 Å². The van der Waals surface area contributed by atoms with Crippen molar-refractivity contribution in [2.24, 2.45) is 11.8 Å². The normalized spacial score (nSPS) is 21.9. The molecule has 10 heteroatoms. The molecule has 0 radical (unpaired) electrons. The van der Waals surface area contributed by atoms with Crippen molar-refractivity contribution in [3.05, 3.63) is 54.1 Å². The van der Waals surface area contributed by atoms with E-state index in [0.717, 1.165) is 6.42 Å². The summed E-state index contributed by atoms with van der Waals surface area (Å²) in [6, 6.07) is 12.4. The van der Waals surface area contributed by atoms with Gasteiger partial charge in [0.2, 0.25) is 15.9 Å². The number of fused-ring (bicyclic) bond motifs is 1. The Hall–Kier alpha value is -3.24. The monoisotopic (exact) mass is 513 g/mol. The van der Waals surface area contributed by atoms with E-state index in [-0.39, 0.29) is 28.2 Å². The molecule has 2 atom stereocenters. The zero-order chi connectivity index (χ0) is 26.3. The summed E-state index contributed by atoms with van der Waals surface area (Å²) in [5, 5.41) is 2.78. The summed E-state index contributed by atoms with van der Waals surface area (Å²) in [6.07, 6.45) is 0.986. The van der Waals surface area contributed by atoms with E-state index < -0.39 is 34.0 Å². The minimum atomic E-state index is -3.67. The van der Waals surface area contributed by atoms with E-state index in [1.165, 1.54) is 33.5 Å². The van der Waals surface area contributed by atoms with Crippen LogP contribution in [0.1, 0.15) is 44.5 Å². The molecule has 36 heavy (non-hydrogen) atoms. The highest BCUT2D eigenvalue weighted by atomic mass is 32.2. The molecular weight excluding hydrogens is 482 g/mol. The maximum atomic E-state index is 13.1. The van der Waals surface area contributed by atoms with E-state index >= 15 is 0 Å². The Kier molecular flexibility index (Phi) is 6.94. The molecule has 192 valence electrons. The number of sulfonamides is 1. The second kappa shape index (κ2) is 9.67. The molecule has 0 saturated carbocycles. The van der Waals surface area contributed by atoms with Crippen LogP contribution in [0.3, 0.4) is 0 Å². The summed E-state index contributed by atoms with van der Waals surface area (Å²) in [6.45, 7) is 7.65. The fraction of sp³-hybridized carbons (Fsp3) is 0.423. The van der Waals surface area contributed by atoms with Gasteiger partial charge in [0.1, 0.15) is 5.54 Å². The van der Waals surface area contributed by atoms with Crippen LogP contribution in [0.25, 0.3) is 0 Å². The summed E-state index contributed by atoms with van der Waals surface area (Å²) < 4.78 is 32.9. The van der Waals surface area contributed by atoms with Crippen LogP contribution in [0.15, 0.2) is 53.4 Å². The van der Waals surface area contributed by atoms with E-state index in [0.29, 0.717) is 24.5 Å². The molecule has 0 aromatic heterocycles. The predicted molar refractivity (Wildman–Crippen MR) is 135 cm³/mol. The van der Waals surface area contributed by atoms with Gasteiger partial charge in [0.05, 0.1) is 21.8 Å². The first-order valence-corrected chi connectivity index (χ1v) is 13.4. The molecule has 1 N–H and O–H groups in total. The number of ether oxygens (including phenoxy) is 1. The van der Waals surface area contributed by atoms with Crippen molar-refractivity contribution < 1.29 is 27.5 Å². The van der Waals surface area contributed by atoms with Crippen LogP contribution in [0.5, 0.6) is 0 Å². The van der Waals surface area contributed by atoms with Crippen LogP contribution in [0.2, 0.25) is 0 Å². The first-order chi connectivity index (χ1) is 16.9. The first-order valence-electron chi connectivity index (χ1n) is 11.9. The molecule has 2 aliphatic rings. The molecule has 2 aromatic rings. The Morgan fingerprint density at radius 1 is 1.03 bits per heavy atom. The molecule has 2 aliphatic heterocycles. The second-order valence-corrected chi connectivity index (χ2v) is 12.1. The lowest BCUT2D eigenvalue weighted by Crippen LogP contribution is -2.59. The smallest absolute Gasteiger partial charge is 0.338 e. The van der Waals surface area contributed by atoms with Gasteiger partial charge in [-0.05, 0) is 68.5 Å². The lowest BCUT2D eigenvalue weighted by Gasteiger charge is -2.41. The summed E-state index contributed by atoms with van der Waals surface area (Å²) in [7, 11) is -3.67. The number of rotatable bonds is 5. The molecule has 4 rings (SSSR count). The van der Waals surface area contributed by atoms with Crippen molar-refractivity contribution in [2.75, 3.05) is 29.9 Å². The minimum absolute atomic E-state index is 0.106. The van der Waals surface area contributed by atoms with Gasteiger partial charge in [0.25, 0.3) is 5.91 Å². The van der Waals surface area contributed by atoms with Gasteiger partial charge in [0.15, 0.2) is 6.61 Å². The molecule has 0 spiro atoms.